The number of benzene rings is 4. The van der Waals surface area contributed by atoms with Gasteiger partial charge < -0.3 is 26.0 Å². The molecule has 0 radical (unpaired) electrons. The van der Waals surface area contributed by atoms with Crippen molar-refractivity contribution in [3.05, 3.63) is 119 Å². The highest BCUT2D eigenvalue weighted by molar-refractivity contribution is 5.81. The molecule has 0 aromatic heterocycles. The van der Waals surface area contributed by atoms with Gasteiger partial charge in [-0.15, -0.1) is 0 Å². The molecule has 5 rings (SSSR count). The fourth-order valence-corrected chi connectivity index (χ4v) is 5.32. The van der Waals surface area contributed by atoms with Gasteiger partial charge in [-0.1, -0.05) is 97.1 Å². The minimum absolute atomic E-state index is 0.0525. The van der Waals surface area contributed by atoms with E-state index >= 15 is 0 Å². The van der Waals surface area contributed by atoms with E-state index in [1.165, 1.54) is 0 Å². The van der Waals surface area contributed by atoms with Gasteiger partial charge in [0.15, 0.2) is 0 Å². The van der Waals surface area contributed by atoms with E-state index in [4.69, 9.17) is 15.6 Å². The maximum Gasteiger partial charge on any atom is 0.407 e. The molecule has 5 N–H and O–H groups in total. The van der Waals surface area contributed by atoms with Crippen molar-refractivity contribution in [1.82, 2.24) is 5.32 Å². The molecule has 41 heavy (non-hydrogen) atoms. The molecule has 0 saturated heterocycles. The quantitative estimate of drug-likeness (QED) is 0.222. The van der Waals surface area contributed by atoms with Gasteiger partial charge in [-0.05, 0) is 50.9 Å². The first-order valence-electron chi connectivity index (χ1n) is 13.3. The Labute approximate surface area is 237 Å². The predicted octanol–water partition coefficient (Wildman–Crippen LogP) is 4.84. The van der Waals surface area contributed by atoms with Crippen molar-refractivity contribution in [3.63, 3.8) is 0 Å². The fraction of sp³-hybridized carbons (Fsp3) is 0.182. The third-order valence-corrected chi connectivity index (χ3v) is 7.33. The van der Waals surface area contributed by atoms with E-state index in [-0.39, 0.29) is 25.4 Å². The number of hydrogen-bond donors (Lipinski definition) is 4. The third kappa shape index (κ3) is 6.28. The molecule has 8 heteroatoms. The van der Waals surface area contributed by atoms with Crippen molar-refractivity contribution in [2.24, 2.45) is 5.73 Å². The van der Waals surface area contributed by atoms with Crippen LogP contribution in [0.25, 0.3) is 22.3 Å². The summed E-state index contributed by atoms with van der Waals surface area (Å²) in [5.41, 5.74) is 13.2. The lowest BCUT2D eigenvalue weighted by Crippen LogP contribution is -2.42. The number of carbonyl (C=O) groups is 3. The molecule has 8 nitrogen and oxygen atoms in total. The first kappa shape index (κ1) is 27.6. The summed E-state index contributed by atoms with van der Waals surface area (Å²) in [6.07, 6.45) is -0.553. The number of ether oxygens (including phenoxy) is 1. The lowest BCUT2D eigenvalue weighted by Gasteiger charge is -2.18. The number of carboxylic acids is 2. The number of nitrogens with one attached hydrogen (secondary N) is 1. The zero-order valence-electron chi connectivity index (χ0n) is 22.2. The number of nitrogens with two attached hydrogens (primary N) is 1. The van der Waals surface area contributed by atoms with Crippen LogP contribution in [0.3, 0.4) is 0 Å². The molecule has 0 fully saturated rings. The van der Waals surface area contributed by atoms with Gasteiger partial charge in [0.05, 0.1) is 0 Å². The Kier molecular flexibility index (Phi) is 8.12. The molecule has 1 aliphatic carbocycles. The van der Waals surface area contributed by atoms with Gasteiger partial charge in [0.1, 0.15) is 18.7 Å². The molecule has 4 aromatic rings. The molecule has 1 aliphatic rings. The summed E-state index contributed by atoms with van der Waals surface area (Å²) < 4.78 is 5.55. The second-order valence-electron chi connectivity index (χ2n) is 10.1. The maximum atomic E-state index is 12.7. The van der Waals surface area contributed by atoms with Crippen LogP contribution >= 0.6 is 0 Å². The number of amides is 1. The number of hydrogen-bond acceptors (Lipinski definition) is 5. The van der Waals surface area contributed by atoms with Crippen LogP contribution in [0.5, 0.6) is 0 Å². The van der Waals surface area contributed by atoms with Crippen molar-refractivity contribution in [2.45, 2.75) is 30.8 Å². The second kappa shape index (κ2) is 12.1. The molecule has 1 amide bonds. The summed E-state index contributed by atoms with van der Waals surface area (Å²) in [7, 11) is 0. The van der Waals surface area contributed by atoms with Crippen molar-refractivity contribution < 1.29 is 29.3 Å². The van der Waals surface area contributed by atoms with Crippen LogP contribution in [0.4, 0.5) is 4.79 Å². The highest BCUT2D eigenvalue weighted by Gasteiger charge is 2.30. The zero-order chi connectivity index (χ0) is 28.9. The minimum Gasteiger partial charge on any atom is -0.480 e. The number of rotatable bonds is 10. The molecule has 0 aliphatic heterocycles. The predicted molar refractivity (Wildman–Crippen MR) is 155 cm³/mol. The van der Waals surface area contributed by atoms with Crippen molar-refractivity contribution in [1.29, 1.82) is 0 Å². The van der Waals surface area contributed by atoms with Gasteiger partial charge in [0.25, 0.3) is 0 Å². The number of aliphatic carboxylic acids is 2. The lowest BCUT2D eigenvalue weighted by atomic mass is 9.97. The molecule has 208 valence electrons. The topological polar surface area (TPSA) is 139 Å². The number of carboxylic acid groups (broad SMARTS) is 2. The molecule has 0 heterocycles. The Morgan fingerprint density at radius 1 is 0.732 bits per heavy atom. The van der Waals surface area contributed by atoms with Crippen molar-refractivity contribution in [3.8, 4) is 22.3 Å². The molecule has 0 saturated carbocycles. The lowest BCUT2D eigenvalue weighted by molar-refractivity contribution is -0.139. The van der Waals surface area contributed by atoms with Crippen molar-refractivity contribution in [2.75, 3.05) is 6.61 Å². The summed E-state index contributed by atoms with van der Waals surface area (Å²) >= 11 is 0. The van der Waals surface area contributed by atoms with Crippen LogP contribution in [0, 0.1) is 0 Å². The summed E-state index contributed by atoms with van der Waals surface area (Å²) in [6, 6.07) is 28.5. The van der Waals surface area contributed by atoms with E-state index < -0.39 is 30.1 Å². The first-order chi connectivity index (χ1) is 19.8. The molecule has 4 aromatic carbocycles. The molecular formula is C33H30N2O6. The van der Waals surface area contributed by atoms with Crippen LogP contribution in [0.2, 0.25) is 0 Å². The number of alkyl carbamates (subject to hydrolysis) is 1. The highest BCUT2D eigenvalue weighted by atomic mass is 16.5. The van der Waals surface area contributed by atoms with Crippen LogP contribution < -0.4 is 11.1 Å². The van der Waals surface area contributed by atoms with E-state index in [1.807, 2.05) is 91.0 Å². The SMILES string of the molecule is N[C@H](Cc1cccc(-c2cccc(C[C@@H](NC(=O)OCC3c4ccccc4-c4ccccc43)C(=O)O)c2)c1)C(=O)O. The van der Waals surface area contributed by atoms with E-state index in [9.17, 15) is 19.5 Å². The molecule has 0 bridgehead atoms. The first-order valence-corrected chi connectivity index (χ1v) is 13.3. The van der Waals surface area contributed by atoms with Gasteiger partial charge in [0, 0.05) is 12.3 Å². The second-order valence-corrected chi connectivity index (χ2v) is 10.1. The third-order valence-electron chi connectivity index (χ3n) is 7.33. The van der Waals surface area contributed by atoms with E-state index in [0.717, 1.165) is 38.9 Å². The average molecular weight is 551 g/mol. The van der Waals surface area contributed by atoms with Crippen LogP contribution in [-0.4, -0.2) is 46.9 Å². The van der Waals surface area contributed by atoms with Gasteiger partial charge in [0.2, 0.25) is 0 Å². The minimum atomic E-state index is -1.19. The largest absolute Gasteiger partial charge is 0.480 e. The van der Waals surface area contributed by atoms with E-state index in [0.29, 0.717) is 5.56 Å². The van der Waals surface area contributed by atoms with Crippen LogP contribution in [0.1, 0.15) is 28.2 Å². The smallest absolute Gasteiger partial charge is 0.407 e. The van der Waals surface area contributed by atoms with E-state index in [2.05, 4.69) is 5.32 Å². The van der Waals surface area contributed by atoms with Crippen LogP contribution in [-0.2, 0) is 27.2 Å². The Balaban J connectivity index is 1.25. The maximum absolute atomic E-state index is 12.7. The highest BCUT2D eigenvalue weighted by Crippen LogP contribution is 2.44. The monoisotopic (exact) mass is 550 g/mol. The summed E-state index contributed by atoms with van der Waals surface area (Å²) in [4.78, 5) is 35.9. The Morgan fingerprint density at radius 2 is 1.27 bits per heavy atom. The Hall–Kier alpha value is -4.95. The molecule has 2 atom stereocenters. The van der Waals surface area contributed by atoms with Crippen molar-refractivity contribution >= 4 is 18.0 Å². The average Bonchev–Trinajstić information content (AvgIpc) is 3.29. The standard InChI is InChI=1S/C33H30N2O6/c34-29(31(36)37)17-20-7-5-9-22(15-20)23-10-6-8-21(16-23)18-30(32(38)39)35-33(40)41-19-28-26-13-3-1-11-24(26)25-12-2-4-14-27(25)28/h1-16,28-30H,17-19,34H2,(H,35,40)(H,36,37)(H,38,39)/t29-,30-/m1/s1. The molecular weight excluding hydrogens is 520 g/mol. The van der Waals surface area contributed by atoms with Gasteiger partial charge >= 0.3 is 18.0 Å². The Bertz CT molecular complexity index is 1550. The zero-order valence-corrected chi connectivity index (χ0v) is 22.2. The summed E-state index contributed by atoms with van der Waals surface area (Å²) in [5.74, 6) is -2.37. The van der Waals surface area contributed by atoms with Crippen LogP contribution in [0.15, 0.2) is 97.1 Å². The van der Waals surface area contributed by atoms with Gasteiger partial charge in [-0.25, -0.2) is 9.59 Å². The van der Waals surface area contributed by atoms with E-state index in [1.54, 1.807) is 6.07 Å². The molecule has 0 spiro atoms. The summed E-state index contributed by atoms with van der Waals surface area (Å²) in [6.45, 7) is 0.0869. The number of carbonyl (C=O) groups excluding carboxylic acids is 1. The Morgan fingerprint density at radius 3 is 1.80 bits per heavy atom. The fourth-order valence-electron chi connectivity index (χ4n) is 5.32. The normalized spacial score (nSPS) is 13.5. The number of fused-ring (bicyclic) bond motifs is 3. The van der Waals surface area contributed by atoms with Gasteiger partial charge in [-0.3, -0.25) is 4.79 Å². The molecule has 0 unspecified atom stereocenters. The van der Waals surface area contributed by atoms with Gasteiger partial charge in [-0.2, -0.15) is 0 Å². The summed E-state index contributed by atoms with van der Waals surface area (Å²) in [5, 5.41) is 21.5.